The molecule has 1 rings (SSSR count). The van der Waals surface area contributed by atoms with Gasteiger partial charge in [0, 0.05) is 18.4 Å². The molecule has 1 amide bonds. The highest BCUT2D eigenvalue weighted by molar-refractivity contribution is 7.88. The highest BCUT2D eigenvalue weighted by Crippen LogP contribution is 1.96. The van der Waals surface area contributed by atoms with Gasteiger partial charge in [-0.1, -0.05) is 0 Å². The lowest BCUT2D eigenvalue weighted by Crippen LogP contribution is -2.43. The number of carbonyl (C=O) groups is 1. The van der Waals surface area contributed by atoms with Crippen molar-refractivity contribution in [2.24, 2.45) is 0 Å². The summed E-state index contributed by atoms with van der Waals surface area (Å²) in [5, 5.41) is 0. The van der Waals surface area contributed by atoms with Gasteiger partial charge in [0.25, 0.3) is 5.91 Å². The van der Waals surface area contributed by atoms with Crippen molar-refractivity contribution < 1.29 is 13.2 Å². The lowest BCUT2D eigenvalue weighted by molar-refractivity contribution is 0.0980. The smallest absolute Gasteiger partial charge is 0.268 e. The zero-order valence-corrected chi connectivity index (χ0v) is 9.78. The molecular formula is C9H13N3O3S. The third-order valence-corrected chi connectivity index (χ3v) is 2.78. The molecule has 16 heavy (non-hydrogen) atoms. The number of nitrogens with one attached hydrogen (secondary N) is 2. The summed E-state index contributed by atoms with van der Waals surface area (Å²) >= 11 is 0. The Morgan fingerprint density at radius 2 is 2.12 bits per heavy atom. The third kappa shape index (κ3) is 3.95. The van der Waals surface area contributed by atoms with Crippen LogP contribution in [0.25, 0.3) is 0 Å². The molecular weight excluding hydrogens is 230 g/mol. The molecule has 0 aliphatic heterocycles. The van der Waals surface area contributed by atoms with Crippen LogP contribution >= 0.6 is 0 Å². The average molecular weight is 243 g/mol. The highest BCUT2D eigenvalue weighted by Gasteiger charge is 2.16. The molecule has 0 aliphatic rings. The maximum atomic E-state index is 11.5. The first-order valence-electron chi connectivity index (χ1n) is 4.65. The van der Waals surface area contributed by atoms with Crippen molar-refractivity contribution in [3.63, 3.8) is 0 Å². The van der Waals surface area contributed by atoms with E-state index in [-0.39, 0.29) is 11.6 Å². The summed E-state index contributed by atoms with van der Waals surface area (Å²) in [4.78, 5) is 15.2. The first kappa shape index (κ1) is 12.6. The van der Waals surface area contributed by atoms with Gasteiger partial charge in [-0.15, -0.1) is 0 Å². The van der Waals surface area contributed by atoms with E-state index in [1.165, 1.54) is 18.5 Å². The van der Waals surface area contributed by atoms with E-state index in [2.05, 4.69) is 9.71 Å². The minimum absolute atomic E-state index is 0.191. The van der Waals surface area contributed by atoms with Gasteiger partial charge in [0.05, 0.1) is 5.56 Å². The molecule has 0 radical (unpaired) electrons. The van der Waals surface area contributed by atoms with Crippen molar-refractivity contribution in [1.29, 1.82) is 0 Å². The van der Waals surface area contributed by atoms with Crippen LogP contribution in [0.15, 0.2) is 24.5 Å². The molecule has 0 bridgehead atoms. The molecule has 0 saturated heterocycles. The highest BCUT2D eigenvalue weighted by atomic mass is 32.2. The van der Waals surface area contributed by atoms with Crippen molar-refractivity contribution in [3.8, 4) is 0 Å². The fourth-order valence-corrected chi connectivity index (χ4v) is 2.06. The third-order valence-electron chi connectivity index (χ3n) is 1.54. The molecule has 1 heterocycles. The molecule has 0 atom stereocenters. The molecule has 0 spiro atoms. The number of carbonyl (C=O) groups excluding carboxylic acids is 1. The van der Waals surface area contributed by atoms with E-state index in [4.69, 9.17) is 0 Å². The zero-order chi connectivity index (χ0) is 12.2. The number of hydrogen-bond acceptors (Lipinski definition) is 4. The van der Waals surface area contributed by atoms with Crippen LogP contribution in [-0.2, 0) is 10.2 Å². The van der Waals surface area contributed by atoms with Crippen LogP contribution in [0.1, 0.15) is 24.2 Å². The van der Waals surface area contributed by atoms with Crippen molar-refractivity contribution in [2.75, 3.05) is 0 Å². The Bertz CT molecular complexity index is 456. The van der Waals surface area contributed by atoms with E-state index in [9.17, 15) is 13.2 Å². The molecule has 1 aromatic heterocycles. The first-order chi connectivity index (χ1) is 7.41. The van der Waals surface area contributed by atoms with E-state index in [1.54, 1.807) is 19.9 Å². The minimum Gasteiger partial charge on any atom is -0.268 e. The summed E-state index contributed by atoms with van der Waals surface area (Å²) < 4.78 is 26.8. The summed E-state index contributed by atoms with van der Waals surface area (Å²) in [5.74, 6) is -0.707. The van der Waals surface area contributed by atoms with E-state index < -0.39 is 16.1 Å². The predicted molar refractivity (Wildman–Crippen MR) is 58.9 cm³/mol. The predicted octanol–water partition coefficient (Wildman–Crippen LogP) is 0.0542. The second-order valence-electron chi connectivity index (χ2n) is 3.45. The second-order valence-corrected chi connectivity index (χ2v) is 4.90. The Balaban J connectivity index is 2.73. The number of rotatable bonds is 4. The van der Waals surface area contributed by atoms with Gasteiger partial charge >= 0.3 is 10.2 Å². The van der Waals surface area contributed by atoms with Crippen molar-refractivity contribution >= 4 is 16.1 Å². The molecule has 6 nitrogen and oxygen atoms in total. The van der Waals surface area contributed by atoms with Gasteiger partial charge < -0.3 is 0 Å². The van der Waals surface area contributed by atoms with Crippen LogP contribution in [0.3, 0.4) is 0 Å². The van der Waals surface area contributed by atoms with Crippen LogP contribution < -0.4 is 9.44 Å². The molecule has 7 heteroatoms. The Morgan fingerprint density at radius 3 is 2.62 bits per heavy atom. The summed E-state index contributed by atoms with van der Waals surface area (Å²) in [7, 11) is -3.81. The number of hydrogen-bond donors (Lipinski definition) is 2. The molecule has 2 N–H and O–H groups in total. The molecule has 0 aliphatic carbocycles. The summed E-state index contributed by atoms with van der Waals surface area (Å²) in [6, 6.07) is 2.75. The fraction of sp³-hybridized carbons (Fsp3) is 0.333. The van der Waals surface area contributed by atoms with Gasteiger partial charge in [0.2, 0.25) is 0 Å². The molecule has 0 aromatic carbocycles. The van der Waals surface area contributed by atoms with Gasteiger partial charge in [-0.25, -0.2) is 4.72 Å². The quantitative estimate of drug-likeness (QED) is 0.782. The second kappa shape index (κ2) is 5.04. The van der Waals surface area contributed by atoms with Crippen LogP contribution in [0.2, 0.25) is 0 Å². The maximum absolute atomic E-state index is 11.5. The summed E-state index contributed by atoms with van der Waals surface area (Å²) in [6.07, 6.45) is 2.79. The molecule has 0 fully saturated rings. The lowest BCUT2D eigenvalue weighted by atomic mass is 10.3. The number of aromatic nitrogens is 1. The monoisotopic (exact) mass is 243 g/mol. The summed E-state index contributed by atoms with van der Waals surface area (Å²) in [5.41, 5.74) is 0.191. The van der Waals surface area contributed by atoms with E-state index in [0.29, 0.717) is 0 Å². The van der Waals surface area contributed by atoms with Crippen LogP contribution in [0.5, 0.6) is 0 Å². The largest absolute Gasteiger partial charge is 0.301 e. The van der Waals surface area contributed by atoms with E-state index >= 15 is 0 Å². The molecule has 88 valence electrons. The van der Waals surface area contributed by atoms with E-state index in [0.717, 1.165) is 0 Å². The molecule has 0 saturated carbocycles. The van der Waals surface area contributed by atoms with Gasteiger partial charge in [-0.2, -0.15) is 13.1 Å². The SMILES string of the molecule is CC(C)NS(=O)(=O)NC(=O)c1cccnc1. The van der Waals surface area contributed by atoms with E-state index in [1.807, 2.05) is 4.72 Å². The maximum Gasteiger partial charge on any atom is 0.301 e. The molecule has 1 aromatic rings. The van der Waals surface area contributed by atoms with Crippen LogP contribution in [0.4, 0.5) is 0 Å². The minimum atomic E-state index is -3.81. The Kier molecular flexibility index (Phi) is 3.97. The number of amides is 1. The molecule has 0 unspecified atom stereocenters. The summed E-state index contributed by atoms with van der Waals surface area (Å²) in [6.45, 7) is 3.32. The Hall–Kier alpha value is -1.47. The number of nitrogens with zero attached hydrogens (tertiary/aromatic N) is 1. The van der Waals surface area contributed by atoms with Crippen LogP contribution in [-0.4, -0.2) is 25.4 Å². The lowest BCUT2D eigenvalue weighted by Gasteiger charge is -2.10. The zero-order valence-electron chi connectivity index (χ0n) is 8.97. The number of pyridine rings is 1. The Morgan fingerprint density at radius 1 is 1.44 bits per heavy atom. The van der Waals surface area contributed by atoms with Crippen LogP contribution in [0, 0.1) is 0 Å². The Labute approximate surface area is 94.3 Å². The topological polar surface area (TPSA) is 88.2 Å². The van der Waals surface area contributed by atoms with Crippen molar-refractivity contribution in [2.45, 2.75) is 19.9 Å². The standard InChI is InChI=1S/C9H13N3O3S/c1-7(2)11-16(14,15)12-9(13)8-4-3-5-10-6-8/h3-7,11H,1-2H3,(H,12,13). The van der Waals surface area contributed by atoms with Gasteiger partial charge in [-0.05, 0) is 26.0 Å². The fourth-order valence-electron chi connectivity index (χ4n) is 1.02. The first-order valence-corrected chi connectivity index (χ1v) is 6.13. The van der Waals surface area contributed by atoms with Gasteiger partial charge in [0.1, 0.15) is 0 Å². The average Bonchev–Trinajstić information content (AvgIpc) is 2.16. The van der Waals surface area contributed by atoms with Crippen molar-refractivity contribution in [3.05, 3.63) is 30.1 Å². The van der Waals surface area contributed by atoms with Crippen molar-refractivity contribution in [1.82, 2.24) is 14.4 Å². The van der Waals surface area contributed by atoms with Gasteiger partial charge in [-0.3, -0.25) is 9.78 Å². The van der Waals surface area contributed by atoms with Gasteiger partial charge in [0.15, 0.2) is 0 Å². The normalized spacial score (nSPS) is 11.4.